The van der Waals surface area contributed by atoms with E-state index < -0.39 is 29.4 Å². The molecule has 7 heteroatoms. The second-order valence-corrected chi connectivity index (χ2v) is 8.26. The van der Waals surface area contributed by atoms with Crippen LogP contribution in [-0.4, -0.2) is 23.4 Å². The van der Waals surface area contributed by atoms with Crippen LogP contribution in [0.25, 0.3) is 5.76 Å². The number of aliphatic hydroxyl groups excluding tert-OH is 1. The summed E-state index contributed by atoms with van der Waals surface area (Å²) in [4.78, 5) is 27.2. The van der Waals surface area contributed by atoms with E-state index in [1.54, 1.807) is 54.6 Å². The Morgan fingerprint density at radius 2 is 1.66 bits per heavy atom. The lowest BCUT2D eigenvalue weighted by Gasteiger charge is -2.25. The summed E-state index contributed by atoms with van der Waals surface area (Å²) in [6.07, 6.45) is 3.08. The lowest BCUT2D eigenvalue weighted by molar-refractivity contribution is -0.132. The topological polar surface area (TPSA) is 66.8 Å². The van der Waals surface area contributed by atoms with Crippen LogP contribution in [0.4, 0.5) is 14.5 Å². The Kier molecular flexibility index (Phi) is 7.25. The molecule has 1 atom stereocenters. The number of hydrogen-bond donors (Lipinski definition) is 1. The quantitative estimate of drug-likeness (QED) is 0.183. The zero-order valence-electron chi connectivity index (χ0n) is 19.2. The molecule has 1 fully saturated rings. The van der Waals surface area contributed by atoms with Crippen molar-refractivity contribution in [2.45, 2.75) is 32.2 Å². The van der Waals surface area contributed by atoms with Gasteiger partial charge in [0, 0.05) is 17.3 Å². The number of nitrogens with zero attached hydrogens (tertiary/aromatic N) is 1. The Morgan fingerprint density at radius 1 is 0.943 bits per heavy atom. The number of Topliss-reactive ketones (excluding diaryl/α,β-unsaturated/α-hetero) is 1. The Hall–Kier alpha value is -4.00. The van der Waals surface area contributed by atoms with Gasteiger partial charge in [-0.3, -0.25) is 14.5 Å². The second kappa shape index (κ2) is 10.5. The smallest absolute Gasteiger partial charge is 0.300 e. The van der Waals surface area contributed by atoms with Crippen molar-refractivity contribution in [3.8, 4) is 5.75 Å². The molecular weight excluding hydrogens is 452 g/mol. The molecule has 0 spiro atoms. The van der Waals surface area contributed by atoms with E-state index >= 15 is 0 Å². The molecule has 3 aromatic rings. The summed E-state index contributed by atoms with van der Waals surface area (Å²) in [5.41, 5.74) is 0.737. The first-order valence-corrected chi connectivity index (χ1v) is 11.5. The van der Waals surface area contributed by atoms with Crippen LogP contribution in [-0.2, 0) is 9.59 Å². The number of halogens is 2. The molecule has 0 radical (unpaired) electrons. The van der Waals surface area contributed by atoms with Gasteiger partial charge in [-0.25, -0.2) is 8.78 Å². The van der Waals surface area contributed by atoms with Crippen LogP contribution >= 0.6 is 0 Å². The summed E-state index contributed by atoms with van der Waals surface area (Å²) >= 11 is 0. The average Bonchev–Trinajstić information content (AvgIpc) is 3.14. The van der Waals surface area contributed by atoms with Crippen LogP contribution < -0.4 is 9.64 Å². The van der Waals surface area contributed by atoms with Crippen molar-refractivity contribution in [3.63, 3.8) is 0 Å². The van der Waals surface area contributed by atoms with Gasteiger partial charge in [0.2, 0.25) is 0 Å². The van der Waals surface area contributed by atoms with Gasteiger partial charge in [-0.1, -0.05) is 50.1 Å². The number of hydrogen-bond acceptors (Lipinski definition) is 4. The molecule has 0 aliphatic carbocycles. The summed E-state index contributed by atoms with van der Waals surface area (Å²) in [5, 5.41) is 11.1. The van der Waals surface area contributed by atoms with Crippen molar-refractivity contribution in [3.05, 3.63) is 101 Å². The standard InChI is InChI=1S/C28H25F2NO4/c1-2-3-7-16-35-21-13-10-19(11-14-21)26(32)24-25(18-8-5-4-6-9-18)31(28(34)27(24)33)20-12-15-22(29)23(30)17-20/h4-6,8-15,17,25,32H,2-3,7,16H2,1H3/b26-24+. The largest absolute Gasteiger partial charge is 0.507 e. The lowest BCUT2D eigenvalue weighted by atomic mass is 9.95. The van der Waals surface area contributed by atoms with E-state index in [0.29, 0.717) is 23.5 Å². The molecular formula is C28H25F2NO4. The fourth-order valence-electron chi connectivity index (χ4n) is 4.09. The molecule has 180 valence electrons. The van der Waals surface area contributed by atoms with E-state index in [0.717, 1.165) is 36.3 Å². The number of rotatable bonds is 8. The number of benzene rings is 3. The van der Waals surface area contributed by atoms with Gasteiger partial charge in [-0.2, -0.15) is 0 Å². The highest BCUT2D eigenvalue weighted by atomic mass is 19.2. The zero-order valence-corrected chi connectivity index (χ0v) is 19.2. The number of aliphatic hydroxyl groups is 1. The van der Waals surface area contributed by atoms with Gasteiger partial charge >= 0.3 is 0 Å². The van der Waals surface area contributed by atoms with Gasteiger partial charge in [0.05, 0.1) is 18.2 Å². The number of carbonyl (C=O) groups is 2. The minimum atomic E-state index is -1.15. The van der Waals surface area contributed by atoms with Gasteiger partial charge in [-0.05, 0) is 48.4 Å². The highest BCUT2D eigenvalue weighted by Crippen LogP contribution is 2.42. The first kappa shape index (κ1) is 24.1. The molecule has 1 N–H and O–H groups in total. The fraction of sp³-hybridized carbons (Fsp3) is 0.214. The molecule has 0 saturated carbocycles. The molecule has 1 aliphatic rings. The second-order valence-electron chi connectivity index (χ2n) is 8.26. The molecule has 1 heterocycles. The summed E-state index contributed by atoms with van der Waals surface area (Å²) in [5.74, 6) is -3.81. The SMILES string of the molecule is CCCCCOc1ccc(/C(O)=C2\C(=O)C(=O)N(c3ccc(F)c(F)c3)C2c2ccccc2)cc1. The van der Waals surface area contributed by atoms with E-state index in [1.165, 1.54) is 6.07 Å². The number of unbranched alkanes of at least 4 members (excludes halogenated alkanes) is 2. The Balaban J connectivity index is 1.75. The Morgan fingerprint density at radius 3 is 2.31 bits per heavy atom. The van der Waals surface area contributed by atoms with Gasteiger partial charge < -0.3 is 9.84 Å². The minimum Gasteiger partial charge on any atom is -0.507 e. The first-order chi connectivity index (χ1) is 16.9. The number of carbonyl (C=O) groups excluding carboxylic acids is 2. The third-order valence-corrected chi connectivity index (χ3v) is 5.89. The maximum absolute atomic E-state index is 14.0. The zero-order chi connectivity index (χ0) is 24.9. The average molecular weight is 478 g/mol. The first-order valence-electron chi connectivity index (χ1n) is 11.5. The van der Waals surface area contributed by atoms with E-state index in [1.807, 2.05) is 0 Å². The number of ether oxygens (including phenoxy) is 1. The third-order valence-electron chi connectivity index (χ3n) is 5.89. The number of ketones is 1. The lowest BCUT2D eigenvalue weighted by Crippen LogP contribution is -2.29. The van der Waals surface area contributed by atoms with Crippen molar-refractivity contribution < 1.29 is 28.2 Å². The summed E-state index contributed by atoms with van der Waals surface area (Å²) in [6.45, 7) is 2.68. The molecule has 1 unspecified atom stereocenters. The van der Waals surface area contributed by atoms with Crippen LogP contribution in [0.1, 0.15) is 43.4 Å². The highest BCUT2D eigenvalue weighted by molar-refractivity contribution is 6.51. The van der Waals surface area contributed by atoms with E-state index in [-0.39, 0.29) is 17.0 Å². The van der Waals surface area contributed by atoms with Gasteiger partial charge in [0.1, 0.15) is 11.5 Å². The Bertz CT molecular complexity index is 1260. The summed E-state index contributed by atoms with van der Waals surface area (Å²) in [6, 6.07) is 17.2. The van der Waals surface area contributed by atoms with Crippen LogP contribution in [0, 0.1) is 11.6 Å². The molecule has 0 aromatic heterocycles. The fourth-order valence-corrected chi connectivity index (χ4v) is 4.09. The number of amides is 1. The van der Waals surface area contributed by atoms with E-state index in [4.69, 9.17) is 4.74 Å². The summed E-state index contributed by atoms with van der Waals surface area (Å²) in [7, 11) is 0. The molecule has 0 bridgehead atoms. The molecule has 5 nitrogen and oxygen atoms in total. The summed E-state index contributed by atoms with van der Waals surface area (Å²) < 4.78 is 33.3. The van der Waals surface area contributed by atoms with Crippen molar-refractivity contribution in [1.29, 1.82) is 0 Å². The molecule has 4 rings (SSSR count). The van der Waals surface area contributed by atoms with Crippen molar-refractivity contribution >= 4 is 23.1 Å². The van der Waals surface area contributed by atoms with Crippen molar-refractivity contribution in [1.82, 2.24) is 0 Å². The maximum Gasteiger partial charge on any atom is 0.300 e. The highest BCUT2D eigenvalue weighted by Gasteiger charge is 2.47. The third kappa shape index (κ3) is 4.94. The van der Waals surface area contributed by atoms with Crippen LogP contribution in [0.15, 0.2) is 78.4 Å². The predicted octanol–water partition coefficient (Wildman–Crippen LogP) is 6.16. The molecule has 1 amide bonds. The van der Waals surface area contributed by atoms with E-state index in [2.05, 4.69) is 6.92 Å². The van der Waals surface area contributed by atoms with Gasteiger partial charge in [0.15, 0.2) is 11.6 Å². The maximum atomic E-state index is 14.0. The van der Waals surface area contributed by atoms with Crippen molar-refractivity contribution in [2.24, 2.45) is 0 Å². The van der Waals surface area contributed by atoms with Crippen LogP contribution in [0.5, 0.6) is 5.75 Å². The predicted molar refractivity (Wildman–Crippen MR) is 129 cm³/mol. The molecule has 1 aliphatic heterocycles. The van der Waals surface area contributed by atoms with Gasteiger partial charge in [0.25, 0.3) is 11.7 Å². The molecule has 35 heavy (non-hydrogen) atoms. The molecule has 3 aromatic carbocycles. The minimum absolute atomic E-state index is 0.00901. The van der Waals surface area contributed by atoms with Crippen LogP contribution in [0.2, 0.25) is 0 Å². The normalized spacial score (nSPS) is 17.1. The van der Waals surface area contributed by atoms with Crippen LogP contribution in [0.3, 0.4) is 0 Å². The monoisotopic (exact) mass is 477 g/mol. The van der Waals surface area contributed by atoms with Gasteiger partial charge in [-0.15, -0.1) is 0 Å². The van der Waals surface area contributed by atoms with E-state index in [9.17, 15) is 23.5 Å². The molecule has 1 saturated heterocycles. The Labute approximate surface area is 202 Å². The van der Waals surface area contributed by atoms with Crippen molar-refractivity contribution in [2.75, 3.05) is 11.5 Å². The number of anilines is 1.